The number of Topliss-reactive ketones (excluding diaryl/α,β-unsaturated/α-hetero) is 1. The number of nitrogens with zero attached hydrogens (tertiary/aromatic N) is 1. The summed E-state index contributed by atoms with van der Waals surface area (Å²) in [4.78, 5) is 13.4. The molecule has 0 bridgehead atoms. The smallest absolute Gasteiger partial charge is 0.183 e. The molecule has 4 heteroatoms. The van der Waals surface area contributed by atoms with Crippen molar-refractivity contribution in [2.45, 2.75) is 6.04 Å². The molecule has 2 rings (SSSR count). The number of halogens is 1. The number of carbonyl (C=O) groups excluding carboxylic acids is 1. The zero-order chi connectivity index (χ0) is 10.3. The molecule has 1 aliphatic heterocycles. The van der Waals surface area contributed by atoms with Crippen molar-refractivity contribution in [3.8, 4) is 0 Å². The van der Waals surface area contributed by atoms with E-state index in [1.165, 1.54) is 18.2 Å². The van der Waals surface area contributed by atoms with E-state index in [9.17, 15) is 9.18 Å². The standard InChI is InChI=1S/C10H11FN2O/c1-13-5-8(12)10(14)7-3-2-6(11)4-9(7)13/h2-4,8H,5,12H2,1H3. The first-order chi connectivity index (χ1) is 6.59. The highest BCUT2D eigenvalue weighted by atomic mass is 19.1. The van der Waals surface area contributed by atoms with Crippen LogP contribution in [0.4, 0.5) is 10.1 Å². The van der Waals surface area contributed by atoms with Crippen LogP contribution in [0.15, 0.2) is 18.2 Å². The lowest BCUT2D eigenvalue weighted by Crippen LogP contribution is -2.46. The van der Waals surface area contributed by atoms with E-state index in [2.05, 4.69) is 0 Å². The third kappa shape index (κ3) is 1.28. The molecule has 0 aromatic heterocycles. The predicted octanol–water partition coefficient (Wildman–Crippen LogP) is 0.785. The summed E-state index contributed by atoms with van der Waals surface area (Å²) in [6, 6.07) is 3.63. The number of carbonyl (C=O) groups is 1. The highest BCUT2D eigenvalue weighted by Gasteiger charge is 2.27. The number of fused-ring (bicyclic) bond motifs is 1. The quantitative estimate of drug-likeness (QED) is 0.664. The van der Waals surface area contributed by atoms with Crippen LogP contribution >= 0.6 is 0 Å². The molecule has 0 saturated carbocycles. The summed E-state index contributed by atoms with van der Waals surface area (Å²) in [5.74, 6) is -0.447. The summed E-state index contributed by atoms with van der Waals surface area (Å²) in [5.41, 5.74) is 6.77. The van der Waals surface area contributed by atoms with Crippen LogP contribution in [0.2, 0.25) is 0 Å². The van der Waals surface area contributed by atoms with Gasteiger partial charge in [0, 0.05) is 19.2 Å². The number of likely N-dealkylation sites (N-methyl/N-ethyl adjacent to an activating group) is 1. The molecule has 3 nitrogen and oxygen atoms in total. The van der Waals surface area contributed by atoms with E-state index in [1.807, 2.05) is 0 Å². The Labute approximate surface area is 81.3 Å². The normalized spacial score (nSPS) is 20.9. The Bertz CT molecular complexity index is 392. The van der Waals surface area contributed by atoms with E-state index in [1.54, 1.807) is 11.9 Å². The van der Waals surface area contributed by atoms with Gasteiger partial charge in [0.2, 0.25) is 0 Å². The SMILES string of the molecule is CN1CC(N)C(=O)c2ccc(F)cc21. The average molecular weight is 194 g/mol. The lowest BCUT2D eigenvalue weighted by Gasteiger charge is -2.30. The van der Waals surface area contributed by atoms with Crippen LogP contribution < -0.4 is 10.6 Å². The fraction of sp³-hybridized carbons (Fsp3) is 0.300. The van der Waals surface area contributed by atoms with Crippen molar-refractivity contribution in [2.75, 3.05) is 18.5 Å². The number of hydrogen-bond acceptors (Lipinski definition) is 3. The van der Waals surface area contributed by atoms with Crippen LogP contribution in [0.3, 0.4) is 0 Å². The van der Waals surface area contributed by atoms with Crippen molar-refractivity contribution in [2.24, 2.45) is 5.73 Å². The highest BCUT2D eigenvalue weighted by molar-refractivity contribution is 6.06. The maximum atomic E-state index is 12.9. The second kappa shape index (κ2) is 3.06. The fourth-order valence-corrected chi connectivity index (χ4v) is 1.71. The molecule has 14 heavy (non-hydrogen) atoms. The molecule has 0 spiro atoms. The van der Waals surface area contributed by atoms with E-state index in [0.29, 0.717) is 17.8 Å². The molecular weight excluding hydrogens is 183 g/mol. The molecule has 1 atom stereocenters. The van der Waals surface area contributed by atoms with Gasteiger partial charge >= 0.3 is 0 Å². The molecule has 1 heterocycles. The van der Waals surface area contributed by atoms with Gasteiger partial charge in [-0.2, -0.15) is 0 Å². The minimum absolute atomic E-state index is 0.113. The molecule has 1 aromatic rings. The molecule has 1 unspecified atom stereocenters. The van der Waals surface area contributed by atoms with Gasteiger partial charge in [0.1, 0.15) is 5.82 Å². The minimum atomic E-state index is -0.502. The van der Waals surface area contributed by atoms with Crippen LogP contribution in [0, 0.1) is 5.82 Å². The molecule has 0 amide bonds. The Morgan fingerprint density at radius 1 is 1.57 bits per heavy atom. The first-order valence-corrected chi connectivity index (χ1v) is 4.40. The van der Waals surface area contributed by atoms with Crippen molar-refractivity contribution in [1.29, 1.82) is 0 Å². The highest BCUT2D eigenvalue weighted by Crippen LogP contribution is 2.25. The van der Waals surface area contributed by atoms with Crippen LogP contribution in [-0.4, -0.2) is 25.4 Å². The molecule has 74 valence electrons. The fourth-order valence-electron chi connectivity index (χ4n) is 1.71. The number of anilines is 1. The average Bonchev–Trinajstić information content (AvgIpc) is 2.14. The molecule has 0 radical (unpaired) electrons. The van der Waals surface area contributed by atoms with Crippen LogP contribution in [-0.2, 0) is 0 Å². The van der Waals surface area contributed by atoms with Gasteiger partial charge in [-0.05, 0) is 18.2 Å². The van der Waals surface area contributed by atoms with Gasteiger partial charge < -0.3 is 10.6 Å². The molecule has 0 aliphatic carbocycles. The molecule has 2 N–H and O–H groups in total. The van der Waals surface area contributed by atoms with Crippen molar-refractivity contribution in [1.82, 2.24) is 0 Å². The number of hydrogen-bond donors (Lipinski definition) is 1. The molecule has 0 saturated heterocycles. The Balaban J connectivity index is 2.56. The van der Waals surface area contributed by atoms with E-state index in [4.69, 9.17) is 5.73 Å². The largest absolute Gasteiger partial charge is 0.372 e. The summed E-state index contributed by atoms with van der Waals surface area (Å²) < 4.78 is 12.9. The summed E-state index contributed by atoms with van der Waals surface area (Å²) in [6.07, 6.45) is 0. The second-order valence-corrected chi connectivity index (χ2v) is 3.51. The summed E-state index contributed by atoms with van der Waals surface area (Å²) >= 11 is 0. The van der Waals surface area contributed by atoms with Gasteiger partial charge in [0.05, 0.1) is 11.7 Å². The molecular formula is C10H11FN2O. The summed E-state index contributed by atoms with van der Waals surface area (Å²) in [6.45, 7) is 0.440. The maximum Gasteiger partial charge on any atom is 0.183 e. The molecule has 1 aliphatic rings. The Morgan fingerprint density at radius 2 is 2.29 bits per heavy atom. The van der Waals surface area contributed by atoms with Crippen LogP contribution in [0.1, 0.15) is 10.4 Å². The molecule has 0 fully saturated rings. The summed E-state index contributed by atoms with van der Waals surface area (Å²) in [7, 11) is 1.80. The van der Waals surface area contributed by atoms with Crippen molar-refractivity contribution in [3.63, 3.8) is 0 Å². The lowest BCUT2D eigenvalue weighted by atomic mass is 9.97. The van der Waals surface area contributed by atoms with Gasteiger partial charge in [-0.1, -0.05) is 0 Å². The zero-order valence-electron chi connectivity index (χ0n) is 7.83. The first-order valence-electron chi connectivity index (χ1n) is 4.40. The van der Waals surface area contributed by atoms with Gasteiger partial charge in [-0.25, -0.2) is 4.39 Å². The first kappa shape index (κ1) is 9.15. The second-order valence-electron chi connectivity index (χ2n) is 3.51. The van der Waals surface area contributed by atoms with Crippen molar-refractivity contribution >= 4 is 11.5 Å². The predicted molar refractivity (Wildman–Crippen MR) is 52.0 cm³/mol. The van der Waals surface area contributed by atoms with Gasteiger partial charge in [-0.15, -0.1) is 0 Å². The van der Waals surface area contributed by atoms with Gasteiger partial charge in [0.15, 0.2) is 5.78 Å². The third-order valence-corrected chi connectivity index (χ3v) is 2.44. The Kier molecular flexibility index (Phi) is 2.00. The van der Waals surface area contributed by atoms with Gasteiger partial charge in [-0.3, -0.25) is 4.79 Å². The van der Waals surface area contributed by atoms with E-state index in [0.717, 1.165) is 0 Å². The number of ketones is 1. The lowest BCUT2D eigenvalue weighted by molar-refractivity contribution is 0.0958. The zero-order valence-corrected chi connectivity index (χ0v) is 7.83. The topological polar surface area (TPSA) is 46.3 Å². The monoisotopic (exact) mass is 194 g/mol. The number of rotatable bonds is 0. The van der Waals surface area contributed by atoms with Crippen LogP contribution in [0.25, 0.3) is 0 Å². The minimum Gasteiger partial charge on any atom is -0.372 e. The summed E-state index contributed by atoms with van der Waals surface area (Å²) in [5, 5.41) is 0. The number of benzene rings is 1. The Morgan fingerprint density at radius 3 is 3.00 bits per heavy atom. The maximum absolute atomic E-state index is 12.9. The number of nitrogens with two attached hydrogens (primary N) is 1. The van der Waals surface area contributed by atoms with E-state index < -0.39 is 6.04 Å². The van der Waals surface area contributed by atoms with Crippen molar-refractivity contribution in [3.05, 3.63) is 29.6 Å². The third-order valence-electron chi connectivity index (χ3n) is 2.44. The Hall–Kier alpha value is -1.42. The molecule has 1 aromatic carbocycles. The van der Waals surface area contributed by atoms with Gasteiger partial charge in [0.25, 0.3) is 0 Å². The van der Waals surface area contributed by atoms with E-state index in [-0.39, 0.29) is 11.6 Å². The van der Waals surface area contributed by atoms with Crippen LogP contribution in [0.5, 0.6) is 0 Å². The van der Waals surface area contributed by atoms with Crippen molar-refractivity contribution < 1.29 is 9.18 Å². The van der Waals surface area contributed by atoms with E-state index >= 15 is 0 Å².